The number of carbonyl (C=O) groups excluding carboxylic acids is 2. The van der Waals surface area contributed by atoms with E-state index in [1.165, 1.54) is 19.2 Å². The lowest BCUT2D eigenvalue weighted by Crippen LogP contribution is -2.44. The number of phenolic OH excluding ortho intramolecular Hbond substituents is 1. The largest absolute Gasteiger partial charge is 0.508 e. The van der Waals surface area contributed by atoms with Gasteiger partial charge in [-0.15, -0.1) is 0 Å². The van der Waals surface area contributed by atoms with Crippen molar-refractivity contribution in [3.8, 4) is 5.75 Å². The summed E-state index contributed by atoms with van der Waals surface area (Å²) < 4.78 is 4.52. The maximum Gasteiger partial charge on any atom is 0.427 e. The predicted octanol–water partition coefficient (Wildman–Crippen LogP) is 1.93. The van der Waals surface area contributed by atoms with Crippen molar-refractivity contribution in [3.63, 3.8) is 0 Å². The summed E-state index contributed by atoms with van der Waals surface area (Å²) in [6.07, 6.45) is -0.790. The van der Waals surface area contributed by atoms with Gasteiger partial charge in [0.15, 0.2) is 5.60 Å². The van der Waals surface area contributed by atoms with Gasteiger partial charge >= 0.3 is 6.09 Å². The summed E-state index contributed by atoms with van der Waals surface area (Å²) in [5.74, 6) is -1.36. The molecule has 2 aromatic rings. The molecule has 1 aliphatic rings. The first-order valence-electron chi connectivity index (χ1n) is 8.22. The average molecular weight is 369 g/mol. The molecule has 140 valence electrons. The Hall–Kier alpha value is -3.39. The normalized spacial score (nSPS) is 19.8. The van der Waals surface area contributed by atoms with E-state index in [1.807, 2.05) is 0 Å². The van der Waals surface area contributed by atoms with Crippen molar-refractivity contribution in [2.75, 3.05) is 12.4 Å². The van der Waals surface area contributed by atoms with Crippen molar-refractivity contribution in [2.45, 2.75) is 12.5 Å². The monoisotopic (exact) mass is 369 g/mol. The maximum absolute atomic E-state index is 12.6. The lowest BCUT2D eigenvalue weighted by atomic mass is 9.78. The molecule has 0 aliphatic carbocycles. The zero-order valence-corrected chi connectivity index (χ0v) is 14.8. The fourth-order valence-electron chi connectivity index (χ4n) is 3.09. The number of rotatable bonds is 4. The Morgan fingerprint density at radius 3 is 2.56 bits per heavy atom. The molecule has 0 saturated carbocycles. The molecule has 8 heteroatoms. The number of ether oxygens (including phenoxy) is 1. The molecule has 0 unspecified atom stereocenters. The Balaban J connectivity index is 2.07. The summed E-state index contributed by atoms with van der Waals surface area (Å²) in [5, 5.41) is 27.6. The summed E-state index contributed by atoms with van der Waals surface area (Å²) in [6.45, 7) is 1.63. The molecule has 0 aromatic heterocycles. The number of methoxy groups -OCH3 is 1. The second-order valence-corrected chi connectivity index (χ2v) is 6.14. The molecule has 0 spiro atoms. The van der Waals surface area contributed by atoms with E-state index >= 15 is 0 Å². The number of nitrogens with one attached hydrogen (secondary N) is 2. The van der Waals surface area contributed by atoms with Crippen molar-refractivity contribution >= 4 is 23.4 Å². The van der Waals surface area contributed by atoms with Crippen molar-refractivity contribution in [1.82, 2.24) is 5.43 Å². The number of anilines is 1. The third-order valence-corrected chi connectivity index (χ3v) is 4.58. The average Bonchev–Trinajstić information content (AvgIpc) is 2.94. The fourth-order valence-corrected chi connectivity index (χ4v) is 3.09. The van der Waals surface area contributed by atoms with E-state index in [0.717, 1.165) is 0 Å². The molecule has 27 heavy (non-hydrogen) atoms. The number of carbonyl (C=O) groups is 2. The molecule has 2 amide bonds. The van der Waals surface area contributed by atoms with E-state index in [9.17, 15) is 19.8 Å². The lowest BCUT2D eigenvalue weighted by Gasteiger charge is -2.29. The Bertz CT molecular complexity index is 910. The minimum absolute atomic E-state index is 0.0503. The first-order chi connectivity index (χ1) is 12.9. The highest BCUT2D eigenvalue weighted by Gasteiger charge is 2.51. The highest BCUT2D eigenvalue weighted by molar-refractivity contribution is 6.12. The number of nitrogens with zero attached hydrogens (tertiary/aromatic N) is 1. The highest BCUT2D eigenvalue weighted by atomic mass is 16.5. The van der Waals surface area contributed by atoms with Crippen LogP contribution in [0.2, 0.25) is 0 Å². The van der Waals surface area contributed by atoms with E-state index < -0.39 is 23.5 Å². The van der Waals surface area contributed by atoms with E-state index in [4.69, 9.17) is 0 Å². The van der Waals surface area contributed by atoms with Gasteiger partial charge < -0.3 is 20.3 Å². The van der Waals surface area contributed by atoms with Crippen molar-refractivity contribution in [1.29, 1.82) is 0 Å². The molecular weight excluding hydrogens is 350 g/mol. The van der Waals surface area contributed by atoms with Crippen molar-refractivity contribution < 1.29 is 24.5 Å². The second-order valence-electron chi connectivity index (χ2n) is 6.14. The van der Waals surface area contributed by atoms with Gasteiger partial charge in [0.1, 0.15) is 5.75 Å². The fraction of sp³-hybridized carbons (Fsp3) is 0.211. The van der Waals surface area contributed by atoms with Gasteiger partial charge in [0.2, 0.25) is 0 Å². The molecule has 8 nitrogen and oxygen atoms in total. The van der Waals surface area contributed by atoms with Gasteiger partial charge in [-0.3, -0.25) is 4.79 Å². The van der Waals surface area contributed by atoms with Crippen LogP contribution in [0.1, 0.15) is 18.1 Å². The molecule has 3 rings (SSSR count). The van der Waals surface area contributed by atoms with Gasteiger partial charge in [0.25, 0.3) is 5.91 Å². The van der Waals surface area contributed by atoms with Gasteiger partial charge in [-0.05, 0) is 35.9 Å². The van der Waals surface area contributed by atoms with E-state index in [1.54, 1.807) is 43.3 Å². The molecule has 0 saturated heterocycles. The molecule has 1 heterocycles. The molecule has 4 N–H and O–H groups in total. The van der Waals surface area contributed by atoms with Crippen molar-refractivity contribution in [3.05, 3.63) is 59.7 Å². The van der Waals surface area contributed by atoms with Crippen LogP contribution in [0.5, 0.6) is 5.75 Å². The van der Waals surface area contributed by atoms with Crippen LogP contribution in [0.4, 0.5) is 10.5 Å². The van der Waals surface area contributed by atoms with Crippen LogP contribution in [0, 0.1) is 5.92 Å². The zero-order chi connectivity index (χ0) is 19.6. The van der Waals surface area contributed by atoms with Gasteiger partial charge in [-0.1, -0.05) is 25.1 Å². The van der Waals surface area contributed by atoms with E-state index in [-0.39, 0.29) is 11.5 Å². The number of hydrogen-bond donors (Lipinski definition) is 4. The van der Waals surface area contributed by atoms with Gasteiger partial charge in [-0.2, -0.15) is 5.10 Å². The number of benzene rings is 2. The number of phenols is 1. The number of amides is 2. The van der Waals surface area contributed by atoms with E-state index in [0.29, 0.717) is 16.8 Å². The van der Waals surface area contributed by atoms with Gasteiger partial charge in [0, 0.05) is 17.2 Å². The number of fused-ring (bicyclic) bond motifs is 1. The second kappa shape index (κ2) is 7.08. The lowest BCUT2D eigenvalue weighted by molar-refractivity contribution is -0.136. The Morgan fingerprint density at radius 1 is 1.22 bits per heavy atom. The number of aromatic hydroxyl groups is 1. The zero-order valence-electron chi connectivity index (χ0n) is 14.8. The first kappa shape index (κ1) is 18.4. The third kappa shape index (κ3) is 3.22. The van der Waals surface area contributed by atoms with Crippen LogP contribution >= 0.6 is 0 Å². The SMILES string of the molecule is COC(=O)N/N=C(/c1ccc(O)cc1)[C@@H](C)[C@]1(O)C(=O)Nc2ccccc21. The summed E-state index contributed by atoms with van der Waals surface area (Å²) in [7, 11) is 1.20. The van der Waals surface area contributed by atoms with Gasteiger partial charge in [-0.25, -0.2) is 10.2 Å². The number of aliphatic hydroxyl groups is 1. The maximum atomic E-state index is 12.6. The minimum Gasteiger partial charge on any atom is -0.508 e. The summed E-state index contributed by atoms with van der Waals surface area (Å²) in [5.41, 5.74) is 2.04. The minimum atomic E-state index is -1.88. The first-order valence-corrected chi connectivity index (χ1v) is 8.22. The Labute approximate surface area is 155 Å². The van der Waals surface area contributed by atoms with Crippen LogP contribution < -0.4 is 10.7 Å². The summed E-state index contributed by atoms with van der Waals surface area (Å²) in [6, 6.07) is 12.9. The number of hydrazone groups is 1. The standard InChI is InChI=1S/C19H19N3O5/c1-11(19(26)14-5-3-4-6-15(14)20-17(19)24)16(21-22-18(25)27-2)12-7-9-13(23)10-8-12/h3-11,23,26H,1-2H3,(H,20,24)(H,22,25)/b21-16+/t11-,19-/m1/s1. The molecular formula is C19H19N3O5. The van der Waals surface area contributed by atoms with Crippen molar-refractivity contribution in [2.24, 2.45) is 11.0 Å². The Morgan fingerprint density at radius 2 is 1.89 bits per heavy atom. The smallest absolute Gasteiger partial charge is 0.427 e. The third-order valence-electron chi connectivity index (χ3n) is 4.58. The summed E-state index contributed by atoms with van der Waals surface area (Å²) in [4.78, 5) is 24.1. The molecule has 2 atom stereocenters. The molecule has 0 bridgehead atoms. The molecule has 2 aromatic carbocycles. The Kier molecular flexibility index (Phi) is 4.83. The number of para-hydroxylation sites is 1. The highest BCUT2D eigenvalue weighted by Crippen LogP contribution is 2.42. The van der Waals surface area contributed by atoms with Crippen LogP contribution in [0.3, 0.4) is 0 Å². The molecule has 0 radical (unpaired) electrons. The van der Waals surface area contributed by atoms with Crippen LogP contribution in [-0.2, 0) is 15.1 Å². The van der Waals surface area contributed by atoms with E-state index in [2.05, 4.69) is 20.6 Å². The van der Waals surface area contributed by atoms with Crippen LogP contribution in [-0.4, -0.2) is 35.0 Å². The topological polar surface area (TPSA) is 120 Å². The van der Waals surface area contributed by atoms with Gasteiger partial charge in [0.05, 0.1) is 12.8 Å². The summed E-state index contributed by atoms with van der Waals surface area (Å²) >= 11 is 0. The predicted molar refractivity (Wildman–Crippen MR) is 98.3 cm³/mol. The quantitative estimate of drug-likeness (QED) is 0.485. The van der Waals surface area contributed by atoms with Crippen LogP contribution in [0.25, 0.3) is 0 Å². The molecule has 1 aliphatic heterocycles. The molecule has 0 fully saturated rings. The van der Waals surface area contributed by atoms with Crippen LogP contribution in [0.15, 0.2) is 53.6 Å². The number of hydrogen-bond acceptors (Lipinski definition) is 6.